The smallest absolute Gasteiger partial charge is 0.142 e. The van der Waals surface area contributed by atoms with Crippen molar-refractivity contribution >= 4 is 5.69 Å². The summed E-state index contributed by atoms with van der Waals surface area (Å²) in [5, 5.41) is 6.58. The summed E-state index contributed by atoms with van der Waals surface area (Å²) in [5.41, 5.74) is 4.09. The summed E-state index contributed by atoms with van der Waals surface area (Å²) >= 11 is 0. The van der Waals surface area contributed by atoms with Crippen LogP contribution in [0.4, 0.5) is 5.69 Å². The van der Waals surface area contributed by atoms with E-state index in [4.69, 9.17) is 4.74 Å². The number of hydrogen-bond donors (Lipinski definition) is 2. The van der Waals surface area contributed by atoms with Gasteiger partial charge in [0.2, 0.25) is 0 Å². The largest absolute Gasteiger partial charge is 0.490 e. The van der Waals surface area contributed by atoms with Gasteiger partial charge in [0.05, 0.1) is 5.69 Å². The van der Waals surface area contributed by atoms with Crippen molar-refractivity contribution in [3.63, 3.8) is 0 Å². The van der Waals surface area contributed by atoms with E-state index in [2.05, 4.69) is 34.9 Å². The van der Waals surface area contributed by atoms with Gasteiger partial charge in [-0.15, -0.1) is 0 Å². The fourth-order valence-corrected chi connectivity index (χ4v) is 2.51. The maximum absolute atomic E-state index is 5.36. The Bertz CT molecular complexity index is 467. The first-order chi connectivity index (χ1) is 9.93. The summed E-state index contributed by atoms with van der Waals surface area (Å²) in [6.07, 6.45) is 1.19. The standard InChI is InChI=1S/C9H11N.C8H9NO/c1-2-4-9-7-10-6-5-8(9)3-1;1-2-4-8-7(3-1)9-5-6-10-8/h1-4,10H,5-7H2;1-4,9H,5-6H2. The summed E-state index contributed by atoms with van der Waals surface area (Å²) in [7, 11) is 0. The molecule has 2 aromatic rings. The molecule has 0 radical (unpaired) electrons. The normalized spacial score (nSPS) is 15.6. The number of rotatable bonds is 0. The minimum absolute atomic E-state index is 0.775. The topological polar surface area (TPSA) is 33.3 Å². The molecule has 0 unspecified atom stereocenters. The summed E-state index contributed by atoms with van der Waals surface area (Å²) in [5.74, 6) is 0.966. The van der Waals surface area contributed by atoms with Crippen molar-refractivity contribution in [2.45, 2.75) is 13.0 Å². The number of fused-ring (bicyclic) bond motifs is 2. The summed E-state index contributed by atoms with van der Waals surface area (Å²) in [6, 6.07) is 16.6. The van der Waals surface area contributed by atoms with Crippen LogP contribution in [0.2, 0.25) is 0 Å². The zero-order valence-corrected chi connectivity index (χ0v) is 11.6. The first-order valence-electron chi connectivity index (χ1n) is 7.17. The fraction of sp³-hybridized carbons (Fsp3) is 0.294. The second kappa shape index (κ2) is 6.44. The lowest BCUT2D eigenvalue weighted by Gasteiger charge is -2.17. The Kier molecular flexibility index (Phi) is 4.19. The highest BCUT2D eigenvalue weighted by molar-refractivity contribution is 5.57. The van der Waals surface area contributed by atoms with Gasteiger partial charge in [0.25, 0.3) is 0 Å². The van der Waals surface area contributed by atoms with Crippen LogP contribution in [0.1, 0.15) is 11.1 Å². The van der Waals surface area contributed by atoms with Crippen molar-refractivity contribution in [2.75, 3.05) is 25.0 Å². The van der Waals surface area contributed by atoms with Crippen LogP contribution in [-0.4, -0.2) is 19.7 Å². The molecule has 2 aromatic carbocycles. The Morgan fingerprint density at radius 1 is 0.850 bits per heavy atom. The maximum atomic E-state index is 5.36. The molecule has 0 bridgehead atoms. The molecule has 104 valence electrons. The fourth-order valence-electron chi connectivity index (χ4n) is 2.51. The van der Waals surface area contributed by atoms with Gasteiger partial charge >= 0.3 is 0 Å². The van der Waals surface area contributed by atoms with Gasteiger partial charge in [-0.3, -0.25) is 0 Å². The van der Waals surface area contributed by atoms with E-state index in [-0.39, 0.29) is 0 Å². The molecule has 3 heteroatoms. The number of ether oxygens (including phenoxy) is 1. The number of benzene rings is 2. The van der Waals surface area contributed by atoms with Gasteiger partial charge in [-0.1, -0.05) is 36.4 Å². The molecular weight excluding hydrogens is 248 g/mol. The van der Waals surface area contributed by atoms with E-state index >= 15 is 0 Å². The molecule has 0 spiro atoms. The third-order valence-corrected chi connectivity index (χ3v) is 3.57. The average molecular weight is 268 g/mol. The Labute approximate surface area is 120 Å². The summed E-state index contributed by atoms with van der Waals surface area (Å²) in [6.45, 7) is 3.88. The highest BCUT2D eigenvalue weighted by atomic mass is 16.5. The lowest BCUT2D eigenvalue weighted by atomic mass is 10.0. The molecule has 0 saturated heterocycles. The number of hydrogen-bond acceptors (Lipinski definition) is 3. The predicted molar refractivity (Wildman–Crippen MR) is 82.3 cm³/mol. The maximum Gasteiger partial charge on any atom is 0.142 e. The first-order valence-corrected chi connectivity index (χ1v) is 7.17. The number of anilines is 1. The third kappa shape index (κ3) is 3.11. The second-order valence-corrected chi connectivity index (χ2v) is 4.97. The lowest BCUT2D eigenvalue weighted by Crippen LogP contribution is -2.23. The molecule has 20 heavy (non-hydrogen) atoms. The van der Waals surface area contributed by atoms with Gasteiger partial charge < -0.3 is 15.4 Å². The zero-order valence-electron chi connectivity index (χ0n) is 11.6. The highest BCUT2D eigenvalue weighted by Crippen LogP contribution is 2.25. The zero-order chi connectivity index (χ0) is 13.6. The van der Waals surface area contributed by atoms with Gasteiger partial charge in [-0.2, -0.15) is 0 Å². The van der Waals surface area contributed by atoms with Crippen LogP contribution in [-0.2, 0) is 13.0 Å². The SMILES string of the molecule is c1ccc2c(c1)CCNC2.c1ccc2c(c1)NCCO2. The number of para-hydroxylation sites is 2. The van der Waals surface area contributed by atoms with Crippen molar-refractivity contribution in [1.82, 2.24) is 5.32 Å². The quantitative estimate of drug-likeness (QED) is 0.771. The molecule has 2 heterocycles. The Morgan fingerprint density at radius 3 is 2.50 bits per heavy atom. The molecule has 0 aliphatic carbocycles. The second-order valence-electron chi connectivity index (χ2n) is 4.97. The van der Waals surface area contributed by atoms with Crippen molar-refractivity contribution in [3.05, 3.63) is 59.7 Å². The average Bonchev–Trinajstić information content (AvgIpc) is 2.56. The van der Waals surface area contributed by atoms with Crippen LogP contribution in [0.25, 0.3) is 0 Å². The molecule has 0 fully saturated rings. The Balaban J connectivity index is 0.000000121. The Hall–Kier alpha value is -2.00. The van der Waals surface area contributed by atoms with E-state index in [9.17, 15) is 0 Å². The van der Waals surface area contributed by atoms with E-state index in [0.717, 1.165) is 37.7 Å². The van der Waals surface area contributed by atoms with E-state index in [1.807, 2.05) is 24.3 Å². The van der Waals surface area contributed by atoms with E-state index < -0.39 is 0 Å². The van der Waals surface area contributed by atoms with Crippen molar-refractivity contribution < 1.29 is 4.74 Å². The van der Waals surface area contributed by atoms with Gasteiger partial charge in [-0.25, -0.2) is 0 Å². The van der Waals surface area contributed by atoms with Crippen molar-refractivity contribution in [2.24, 2.45) is 0 Å². The van der Waals surface area contributed by atoms with Crippen LogP contribution < -0.4 is 15.4 Å². The van der Waals surface area contributed by atoms with E-state index in [1.54, 1.807) is 0 Å². The summed E-state index contributed by atoms with van der Waals surface area (Å²) in [4.78, 5) is 0. The molecule has 2 aliphatic heterocycles. The predicted octanol–water partition coefficient (Wildman–Crippen LogP) is 2.82. The van der Waals surface area contributed by atoms with E-state index in [0.29, 0.717) is 0 Å². The van der Waals surface area contributed by atoms with Crippen LogP contribution in [0.5, 0.6) is 5.75 Å². The molecule has 0 atom stereocenters. The highest BCUT2D eigenvalue weighted by Gasteiger charge is 2.06. The Morgan fingerprint density at radius 2 is 1.65 bits per heavy atom. The third-order valence-electron chi connectivity index (χ3n) is 3.57. The summed E-state index contributed by atoms with van der Waals surface area (Å²) < 4.78 is 5.36. The lowest BCUT2D eigenvalue weighted by molar-refractivity contribution is 0.323. The van der Waals surface area contributed by atoms with Crippen LogP contribution in [0.15, 0.2) is 48.5 Å². The van der Waals surface area contributed by atoms with Crippen LogP contribution in [0.3, 0.4) is 0 Å². The molecule has 4 rings (SSSR count). The van der Waals surface area contributed by atoms with Gasteiger partial charge in [0.1, 0.15) is 12.4 Å². The molecule has 3 nitrogen and oxygen atoms in total. The van der Waals surface area contributed by atoms with Crippen molar-refractivity contribution in [1.29, 1.82) is 0 Å². The molecule has 0 aromatic heterocycles. The van der Waals surface area contributed by atoms with Crippen LogP contribution in [0, 0.1) is 0 Å². The molecular formula is C17H20N2O. The minimum Gasteiger partial charge on any atom is -0.490 e. The van der Waals surface area contributed by atoms with Gasteiger partial charge in [-0.05, 0) is 36.2 Å². The molecule has 2 aliphatic rings. The number of nitrogens with one attached hydrogen (secondary N) is 2. The van der Waals surface area contributed by atoms with Crippen molar-refractivity contribution in [3.8, 4) is 5.75 Å². The van der Waals surface area contributed by atoms with Gasteiger partial charge in [0, 0.05) is 13.1 Å². The van der Waals surface area contributed by atoms with Gasteiger partial charge in [0.15, 0.2) is 0 Å². The molecule has 2 N–H and O–H groups in total. The van der Waals surface area contributed by atoms with Crippen LogP contribution >= 0.6 is 0 Å². The van der Waals surface area contributed by atoms with E-state index in [1.165, 1.54) is 17.5 Å². The monoisotopic (exact) mass is 268 g/mol. The molecule has 0 saturated carbocycles. The minimum atomic E-state index is 0.775. The molecule has 0 amide bonds. The first kappa shape index (κ1) is 13.0.